The van der Waals surface area contributed by atoms with E-state index in [1.807, 2.05) is 0 Å². The van der Waals surface area contributed by atoms with Crippen LogP contribution >= 0.6 is 0 Å². The highest BCUT2D eigenvalue weighted by atomic mass is 19.1. The van der Waals surface area contributed by atoms with Crippen LogP contribution in [0.3, 0.4) is 0 Å². The van der Waals surface area contributed by atoms with Gasteiger partial charge in [0.15, 0.2) is 5.54 Å². The van der Waals surface area contributed by atoms with Crippen LogP contribution in [0.1, 0.15) is 34.1 Å². The Balaban J connectivity index is 3.20. The summed E-state index contributed by atoms with van der Waals surface area (Å²) in [6, 6.07) is 0. The van der Waals surface area contributed by atoms with Crippen molar-refractivity contribution in [2.45, 2.75) is 51.4 Å². The second-order valence-corrected chi connectivity index (χ2v) is 6.74. The van der Waals surface area contributed by atoms with E-state index < -0.39 is 35.3 Å². The molecule has 0 N–H and O–H groups in total. The molecule has 0 spiro atoms. The van der Waals surface area contributed by atoms with Gasteiger partial charge in [0.25, 0.3) is 0 Å². The lowest BCUT2D eigenvalue weighted by Gasteiger charge is -2.47. The molecule has 7 heteroatoms. The van der Waals surface area contributed by atoms with Gasteiger partial charge in [-0.3, -0.25) is 4.90 Å². The number of esters is 1. The number of nitrogens with zero attached hydrogens (tertiary/aromatic N) is 1. The van der Waals surface area contributed by atoms with Crippen molar-refractivity contribution in [2.75, 3.05) is 27.4 Å². The number of hydrogen-bond donors (Lipinski definition) is 0. The van der Waals surface area contributed by atoms with Crippen molar-refractivity contribution in [3.05, 3.63) is 0 Å². The second kappa shape index (κ2) is 6.81. The van der Waals surface area contributed by atoms with E-state index in [1.54, 1.807) is 27.7 Å². The summed E-state index contributed by atoms with van der Waals surface area (Å²) >= 11 is 0. The van der Waals surface area contributed by atoms with E-state index in [0.29, 0.717) is 0 Å². The summed E-state index contributed by atoms with van der Waals surface area (Å²) in [6.07, 6.45) is -1.86. The van der Waals surface area contributed by atoms with Gasteiger partial charge in [0, 0.05) is 7.11 Å². The molecule has 0 aromatic heterocycles. The van der Waals surface area contributed by atoms with E-state index in [9.17, 15) is 14.0 Å². The van der Waals surface area contributed by atoms with Crippen molar-refractivity contribution in [3.8, 4) is 0 Å². The third kappa shape index (κ3) is 3.88. The van der Waals surface area contributed by atoms with Gasteiger partial charge in [0.2, 0.25) is 0 Å². The Morgan fingerprint density at radius 1 is 1.32 bits per heavy atom. The first-order chi connectivity index (χ1) is 10.1. The predicted octanol–water partition coefficient (Wildman–Crippen LogP) is 2.16. The van der Waals surface area contributed by atoms with Crippen LogP contribution in [-0.2, 0) is 19.0 Å². The van der Waals surface area contributed by atoms with Crippen LogP contribution in [0.4, 0.5) is 9.18 Å². The molecule has 0 saturated carbocycles. The molecule has 0 radical (unpaired) electrons. The fourth-order valence-electron chi connectivity index (χ4n) is 2.68. The van der Waals surface area contributed by atoms with E-state index in [-0.39, 0.29) is 19.6 Å². The van der Waals surface area contributed by atoms with Gasteiger partial charge in [-0.25, -0.2) is 14.0 Å². The third-order valence-electron chi connectivity index (χ3n) is 3.71. The Bertz CT molecular complexity index is 423. The van der Waals surface area contributed by atoms with Gasteiger partial charge in [-0.15, -0.1) is 0 Å². The molecule has 1 fully saturated rings. The minimum absolute atomic E-state index is 0.0734. The highest BCUT2D eigenvalue weighted by Gasteiger charge is 2.54. The molecule has 1 aliphatic heterocycles. The van der Waals surface area contributed by atoms with E-state index in [1.165, 1.54) is 14.2 Å². The third-order valence-corrected chi connectivity index (χ3v) is 3.71. The average molecular weight is 319 g/mol. The second-order valence-electron chi connectivity index (χ2n) is 6.74. The summed E-state index contributed by atoms with van der Waals surface area (Å²) in [5.74, 6) is -1.02. The Kier molecular flexibility index (Phi) is 5.78. The topological polar surface area (TPSA) is 65.1 Å². The number of halogens is 1. The largest absolute Gasteiger partial charge is 0.467 e. The van der Waals surface area contributed by atoms with Crippen LogP contribution < -0.4 is 0 Å². The number of alkyl halides is 1. The smallest absolute Gasteiger partial charge is 0.411 e. The molecule has 0 bridgehead atoms. The fourth-order valence-corrected chi connectivity index (χ4v) is 2.68. The van der Waals surface area contributed by atoms with Crippen molar-refractivity contribution >= 4 is 12.1 Å². The number of ether oxygens (including phenoxy) is 3. The summed E-state index contributed by atoms with van der Waals surface area (Å²) in [5.41, 5.74) is -2.12. The Morgan fingerprint density at radius 3 is 2.36 bits per heavy atom. The first-order valence-electron chi connectivity index (χ1n) is 7.29. The Morgan fingerprint density at radius 2 is 1.91 bits per heavy atom. The lowest BCUT2D eigenvalue weighted by atomic mass is 9.80. The maximum absolute atomic E-state index is 14.1. The Labute approximate surface area is 130 Å². The van der Waals surface area contributed by atoms with Gasteiger partial charge in [0.05, 0.1) is 20.3 Å². The van der Waals surface area contributed by atoms with Crippen LogP contribution in [0.5, 0.6) is 0 Å². The highest BCUT2D eigenvalue weighted by molar-refractivity contribution is 5.86. The van der Waals surface area contributed by atoms with Crippen molar-refractivity contribution in [3.63, 3.8) is 0 Å². The van der Waals surface area contributed by atoms with Gasteiger partial charge in [-0.1, -0.05) is 6.92 Å². The molecule has 1 saturated heterocycles. The molecule has 6 nitrogen and oxygen atoms in total. The first kappa shape index (κ1) is 18.7. The standard InChI is InChI=1S/C15H26FNO5/c1-10-7-15(9-20-5,12(18)21-6)17(8-11(10)16)13(19)22-14(2,3)4/h10-11H,7-9H2,1-6H3/t10?,11-,15+/m0/s1. The summed E-state index contributed by atoms with van der Waals surface area (Å²) < 4.78 is 29.4. The summed E-state index contributed by atoms with van der Waals surface area (Å²) in [4.78, 5) is 25.9. The number of carbonyl (C=O) groups is 2. The first-order valence-corrected chi connectivity index (χ1v) is 7.29. The monoisotopic (exact) mass is 319 g/mol. The zero-order valence-corrected chi connectivity index (χ0v) is 14.1. The van der Waals surface area contributed by atoms with Crippen LogP contribution in [0.2, 0.25) is 0 Å². The van der Waals surface area contributed by atoms with Crippen molar-refractivity contribution in [2.24, 2.45) is 5.92 Å². The molecule has 22 heavy (non-hydrogen) atoms. The summed E-state index contributed by atoms with van der Waals surface area (Å²) in [6.45, 7) is 6.52. The molecule has 1 unspecified atom stereocenters. The maximum Gasteiger partial charge on any atom is 0.411 e. The zero-order chi connectivity index (χ0) is 17.1. The minimum Gasteiger partial charge on any atom is -0.467 e. The van der Waals surface area contributed by atoms with Crippen LogP contribution in [0.25, 0.3) is 0 Å². The maximum atomic E-state index is 14.1. The number of methoxy groups -OCH3 is 2. The van der Waals surface area contributed by atoms with Gasteiger partial charge in [-0.2, -0.15) is 0 Å². The van der Waals surface area contributed by atoms with Crippen LogP contribution in [0.15, 0.2) is 0 Å². The number of piperidine rings is 1. The number of hydrogen-bond acceptors (Lipinski definition) is 5. The summed E-state index contributed by atoms with van der Waals surface area (Å²) in [5, 5.41) is 0. The zero-order valence-electron chi connectivity index (χ0n) is 14.1. The van der Waals surface area contributed by atoms with Crippen LogP contribution in [0, 0.1) is 5.92 Å². The molecule has 1 heterocycles. The molecule has 0 aromatic carbocycles. The molecule has 3 atom stereocenters. The highest BCUT2D eigenvalue weighted by Crippen LogP contribution is 2.36. The van der Waals surface area contributed by atoms with Crippen molar-refractivity contribution in [1.29, 1.82) is 0 Å². The van der Waals surface area contributed by atoms with Crippen molar-refractivity contribution in [1.82, 2.24) is 4.90 Å². The molecular formula is C15H26FNO5. The van der Waals surface area contributed by atoms with Gasteiger partial charge in [-0.05, 0) is 33.1 Å². The molecule has 1 rings (SSSR count). The molecule has 128 valence electrons. The number of rotatable bonds is 3. The van der Waals surface area contributed by atoms with Crippen LogP contribution in [-0.4, -0.2) is 61.6 Å². The molecule has 1 amide bonds. The average Bonchev–Trinajstić information content (AvgIpc) is 2.39. The van der Waals surface area contributed by atoms with Gasteiger partial charge >= 0.3 is 12.1 Å². The van der Waals surface area contributed by atoms with E-state index in [2.05, 4.69) is 0 Å². The van der Waals surface area contributed by atoms with Gasteiger partial charge in [0.1, 0.15) is 11.8 Å². The van der Waals surface area contributed by atoms with Gasteiger partial charge < -0.3 is 14.2 Å². The molecule has 0 aromatic rings. The SMILES string of the molecule is COC[C@@]1(C(=O)OC)CC(C)[C@@H](F)CN1C(=O)OC(C)(C)C. The van der Waals surface area contributed by atoms with E-state index in [4.69, 9.17) is 14.2 Å². The normalized spacial score (nSPS) is 29.1. The fraction of sp³-hybridized carbons (Fsp3) is 0.867. The van der Waals surface area contributed by atoms with E-state index >= 15 is 0 Å². The quantitative estimate of drug-likeness (QED) is 0.746. The van der Waals surface area contributed by atoms with E-state index in [0.717, 1.165) is 4.90 Å². The number of carbonyl (C=O) groups excluding carboxylic acids is 2. The summed E-state index contributed by atoms with van der Waals surface area (Å²) in [7, 11) is 2.66. The Hall–Kier alpha value is -1.37. The molecule has 0 aliphatic carbocycles. The number of amides is 1. The molecular weight excluding hydrogens is 293 g/mol. The molecule has 1 aliphatic rings. The van der Waals surface area contributed by atoms with Crippen molar-refractivity contribution < 1.29 is 28.2 Å². The lowest BCUT2D eigenvalue weighted by Crippen LogP contribution is -2.66. The minimum atomic E-state index is -1.37. The number of likely N-dealkylation sites (tertiary alicyclic amines) is 1. The predicted molar refractivity (Wildman–Crippen MR) is 78.2 cm³/mol. The lowest BCUT2D eigenvalue weighted by molar-refractivity contribution is -0.166.